The molecule has 0 saturated heterocycles. The first-order valence-electron chi connectivity index (χ1n) is 8.71. The topological polar surface area (TPSA) is 35.5 Å². The molecular formula is C23H18O3S. The Morgan fingerprint density at radius 3 is 2.30 bits per heavy atom. The van der Waals surface area contributed by atoms with Crippen LogP contribution < -0.4 is 4.74 Å². The van der Waals surface area contributed by atoms with Crippen LogP contribution in [0.5, 0.6) is 5.75 Å². The molecule has 0 radical (unpaired) electrons. The molecule has 1 atom stereocenters. The largest absolute Gasteiger partial charge is 0.489 e. The van der Waals surface area contributed by atoms with Crippen molar-refractivity contribution in [1.82, 2.24) is 0 Å². The van der Waals surface area contributed by atoms with Crippen LogP contribution in [-0.4, -0.2) is 12.6 Å². The van der Waals surface area contributed by atoms with Gasteiger partial charge in [-0.05, 0) is 23.8 Å². The van der Waals surface area contributed by atoms with E-state index in [-0.39, 0.29) is 12.6 Å². The third-order valence-corrected chi connectivity index (χ3v) is 5.23. The van der Waals surface area contributed by atoms with Crippen molar-refractivity contribution in [3.63, 3.8) is 0 Å². The second-order valence-electron chi connectivity index (χ2n) is 6.07. The van der Waals surface area contributed by atoms with Crippen molar-refractivity contribution in [2.24, 2.45) is 0 Å². The minimum Gasteiger partial charge on any atom is -0.489 e. The number of hydrogen-bond acceptors (Lipinski definition) is 4. The van der Waals surface area contributed by atoms with E-state index < -0.39 is 6.10 Å². The van der Waals surface area contributed by atoms with Crippen molar-refractivity contribution in [3.8, 4) is 5.75 Å². The zero-order chi connectivity index (χ0) is 18.5. The van der Waals surface area contributed by atoms with Crippen molar-refractivity contribution in [1.29, 1.82) is 0 Å². The summed E-state index contributed by atoms with van der Waals surface area (Å²) in [5.74, 6) is 0.411. The van der Waals surface area contributed by atoms with Crippen molar-refractivity contribution >= 4 is 27.4 Å². The number of rotatable bonds is 6. The van der Waals surface area contributed by atoms with Crippen molar-refractivity contribution in [2.45, 2.75) is 6.10 Å². The number of ether oxygens (including phenoxy) is 2. The lowest BCUT2D eigenvalue weighted by Crippen LogP contribution is -2.18. The quantitative estimate of drug-likeness (QED) is 0.395. The van der Waals surface area contributed by atoms with E-state index >= 15 is 0 Å². The van der Waals surface area contributed by atoms with E-state index in [2.05, 4.69) is 0 Å². The highest BCUT2D eigenvalue weighted by atomic mass is 32.1. The Morgan fingerprint density at radius 2 is 1.52 bits per heavy atom. The van der Waals surface area contributed by atoms with Crippen LogP contribution in [0.2, 0.25) is 0 Å². The van der Waals surface area contributed by atoms with E-state index in [9.17, 15) is 4.79 Å². The molecule has 0 fully saturated rings. The van der Waals surface area contributed by atoms with Gasteiger partial charge in [0.1, 0.15) is 12.4 Å². The normalized spacial score (nSPS) is 11.9. The molecule has 1 heterocycles. The number of para-hydroxylation sites is 1. The summed E-state index contributed by atoms with van der Waals surface area (Å²) in [4.78, 5) is 12.8. The van der Waals surface area contributed by atoms with Gasteiger partial charge in [0.25, 0.3) is 0 Å². The van der Waals surface area contributed by atoms with E-state index in [1.807, 2.05) is 90.3 Å². The summed E-state index contributed by atoms with van der Waals surface area (Å²) in [6.45, 7) is 0.252. The molecule has 3 aromatic carbocycles. The summed E-state index contributed by atoms with van der Waals surface area (Å²) in [5.41, 5.74) is 1.50. The molecular weight excluding hydrogens is 356 g/mol. The minimum atomic E-state index is -0.488. The molecule has 4 aromatic rings. The van der Waals surface area contributed by atoms with Gasteiger partial charge in [-0.2, -0.15) is 0 Å². The standard InChI is InChI=1S/C23H18O3S/c24-23(20-16-27-22-14-8-7-13-19(20)22)26-21(17-9-3-1-4-10-17)15-25-18-11-5-2-6-12-18/h1-14,16,21H,15H2. The lowest BCUT2D eigenvalue weighted by atomic mass is 10.1. The zero-order valence-corrected chi connectivity index (χ0v) is 15.4. The molecule has 134 valence electrons. The van der Waals surface area contributed by atoms with Crippen molar-refractivity contribution in [3.05, 3.63) is 101 Å². The van der Waals surface area contributed by atoms with Gasteiger partial charge in [0.05, 0.1) is 5.56 Å². The second-order valence-corrected chi connectivity index (χ2v) is 6.99. The number of benzene rings is 3. The van der Waals surface area contributed by atoms with Crippen LogP contribution in [0.3, 0.4) is 0 Å². The van der Waals surface area contributed by atoms with Gasteiger partial charge in [0.2, 0.25) is 0 Å². The van der Waals surface area contributed by atoms with Crippen LogP contribution >= 0.6 is 11.3 Å². The molecule has 0 aliphatic carbocycles. The molecule has 0 aliphatic rings. The number of esters is 1. The number of thiophene rings is 1. The fourth-order valence-corrected chi connectivity index (χ4v) is 3.81. The van der Waals surface area contributed by atoms with Crippen LogP contribution in [-0.2, 0) is 4.74 Å². The van der Waals surface area contributed by atoms with Gasteiger partial charge in [-0.3, -0.25) is 0 Å². The molecule has 0 bridgehead atoms. The molecule has 27 heavy (non-hydrogen) atoms. The summed E-state index contributed by atoms with van der Waals surface area (Å²) < 4.78 is 12.8. The maximum Gasteiger partial charge on any atom is 0.340 e. The highest BCUT2D eigenvalue weighted by Gasteiger charge is 2.21. The lowest BCUT2D eigenvalue weighted by Gasteiger charge is -2.19. The average Bonchev–Trinajstić information content (AvgIpc) is 3.17. The Kier molecular flexibility index (Phi) is 5.17. The first kappa shape index (κ1) is 17.3. The molecule has 1 unspecified atom stereocenters. The molecule has 4 rings (SSSR count). The van der Waals surface area contributed by atoms with Gasteiger partial charge in [-0.25, -0.2) is 4.79 Å². The Morgan fingerprint density at radius 1 is 0.852 bits per heavy atom. The van der Waals surface area contributed by atoms with E-state index in [1.54, 1.807) is 11.3 Å². The van der Waals surface area contributed by atoms with Crippen LogP contribution in [0, 0.1) is 0 Å². The highest BCUT2D eigenvalue weighted by Crippen LogP contribution is 2.28. The molecule has 3 nitrogen and oxygen atoms in total. The Balaban J connectivity index is 1.56. The third-order valence-electron chi connectivity index (χ3n) is 4.27. The Labute approximate surface area is 161 Å². The number of carbonyl (C=O) groups is 1. The molecule has 4 heteroatoms. The van der Waals surface area contributed by atoms with Gasteiger partial charge >= 0.3 is 5.97 Å². The minimum absolute atomic E-state index is 0.252. The van der Waals surface area contributed by atoms with Gasteiger partial charge in [0, 0.05) is 15.5 Å². The fraction of sp³-hybridized carbons (Fsp3) is 0.0870. The van der Waals surface area contributed by atoms with Crippen molar-refractivity contribution < 1.29 is 14.3 Å². The van der Waals surface area contributed by atoms with Crippen molar-refractivity contribution in [2.75, 3.05) is 6.61 Å². The maximum absolute atomic E-state index is 12.8. The summed E-state index contributed by atoms with van der Waals surface area (Å²) in [6.07, 6.45) is -0.488. The number of hydrogen-bond donors (Lipinski definition) is 0. The van der Waals surface area contributed by atoms with E-state index in [0.717, 1.165) is 21.4 Å². The molecule has 0 saturated carbocycles. The van der Waals surface area contributed by atoms with Crippen LogP contribution in [0.25, 0.3) is 10.1 Å². The SMILES string of the molecule is O=C(OC(COc1ccccc1)c1ccccc1)c1csc2ccccc12. The Bertz CT molecular complexity index is 1030. The second kappa shape index (κ2) is 8.06. The van der Waals surface area contributed by atoms with Gasteiger partial charge in [0.15, 0.2) is 6.10 Å². The molecule has 1 aromatic heterocycles. The highest BCUT2D eigenvalue weighted by molar-refractivity contribution is 7.17. The van der Waals surface area contributed by atoms with E-state index in [4.69, 9.17) is 9.47 Å². The maximum atomic E-state index is 12.8. The monoisotopic (exact) mass is 374 g/mol. The predicted octanol–water partition coefficient (Wildman–Crippen LogP) is 5.88. The van der Waals surface area contributed by atoms with Crippen LogP contribution in [0.15, 0.2) is 90.3 Å². The molecule has 0 aliphatic heterocycles. The predicted molar refractivity (Wildman–Crippen MR) is 108 cm³/mol. The average molecular weight is 374 g/mol. The first-order valence-corrected chi connectivity index (χ1v) is 9.59. The van der Waals surface area contributed by atoms with Gasteiger partial charge in [-0.15, -0.1) is 11.3 Å². The lowest BCUT2D eigenvalue weighted by molar-refractivity contribution is 0.0171. The smallest absolute Gasteiger partial charge is 0.340 e. The van der Waals surface area contributed by atoms with Gasteiger partial charge in [-0.1, -0.05) is 66.7 Å². The summed E-state index contributed by atoms with van der Waals surface area (Å²) in [7, 11) is 0. The summed E-state index contributed by atoms with van der Waals surface area (Å²) in [5, 5.41) is 2.77. The summed E-state index contributed by atoms with van der Waals surface area (Å²) >= 11 is 1.54. The molecule has 0 spiro atoms. The van der Waals surface area contributed by atoms with E-state index in [0.29, 0.717) is 5.56 Å². The van der Waals surface area contributed by atoms with E-state index in [1.165, 1.54) is 0 Å². The Hall–Kier alpha value is -3.11. The van der Waals surface area contributed by atoms with Crippen LogP contribution in [0.1, 0.15) is 22.0 Å². The number of carbonyl (C=O) groups excluding carboxylic acids is 1. The molecule has 0 N–H and O–H groups in total. The summed E-state index contributed by atoms with van der Waals surface area (Å²) in [6, 6.07) is 27.1. The third kappa shape index (κ3) is 4.01. The molecule has 0 amide bonds. The number of fused-ring (bicyclic) bond motifs is 1. The first-order chi connectivity index (χ1) is 13.3. The van der Waals surface area contributed by atoms with Gasteiger partial charge < -0.3 is 9.47 Å². The van der Waals surface area contributed by atoms with Crippen LogP contribution in [0.4, 0.5) is 0 Å². The fourth-order valence-electron chi connectivity index (χ4n) is 2.88. The zero-order valence-electron chi connectivity index (χ0n) is 14.6.